The molecule has 1 saturated heterocycles. The number of hydrogen-bond acceptors (Lipinski definition) is 7. The fourth-order valence-corrected chi connectivity index (χ4v) is 6.79. The Morgan fingerprint density at radius 3 is 1.98 bits per heavy atom. The van der Waals surface area contributed by atoms with Crippen LogP contribution in [0, 0.1) is 11.8 Å². The second-order valence-electron chi connectivity index (χ2n) is 12.2. The summed E-state index contributed by atoms with van der Waals surface area (Å²) in [4.78, 5) is 69.0. The van der Waals surface area contributed by atoms with Crippen molar-refractivity contribution in [2.45, 2.75) is 70.6 Å². The molecule has 9 nitrogen and oxygen atoms in total. The summed E-state index contributed by atoms with van der Waals surface area (Å²) >= 11 is 1.48. The van der Waals surface area contributed by atoms with Crippen LogP contribution in [-0.2, 0) is 41.6 Å². The molecule has 10 heteroatoms. The van der Waals surface area contributed by atoms with Gasteiger partial charge in [0.2, 0.25) is 17.7 Å². The van der Waals surface area contributed by atoms with Crippen LogP contribution in [0.1, 0.15) is 56.2 Å². The molecule has 4 rings (SSSR count). The molecule has 0 radical (unpaired) electrons. The highest BCUT2D eigenvalue weighted by Crippen LogP contribution is 2.41. The van der Waals surface area contributed by atoms with Gasteiger partial charge in [0.25, 0.3) is 5.78 Å². The number of amides is 3. The van der Waals surface area contributed by atoms with Gasteiger partial charge in [-0.2, -0.15) is 0 Å². The van der Waals surface area contributed by atoms with Crippen molar-refractivity contribution in [2.24, 2.45) is 11.8 Å². The number of nitrogens with zero attached hydrogens (tertiary/aromatic N) is 1. The maximum Gasteiger partial charge on any atom is 0.375 e. The Kier molecular flexibility index (Phi) is 12.8. The molecule has 1 heterocycles. The summed E-state index contributed by atoms with van der Waals surface area (Å²) in [5, 5.41) is 5.41. The molecule has 2 N–H and O–H groups in total. The number of rotatable bonds is 14. The summed E-state index contributed by atoms with van der Waals surface area (Å²) in [5.41, 5.74) is 2.58. The highest BCUT2D eigenvalue weighted by atomic mass is 32.2. The van der Waals surface area contributed by atoms with Crippen molar-refractivity contribution in [3.63, 3.8) is 0 Å². The molecular weight excluding hydrogens is 614 g/mol. The number of hydrogen-bond donors (Lipinski definition) is 2. The van der Waals surface area contributed by atoms with Gasteiger partial charge in [0.05, 0.1) is 6.10 Å². The molecule has 3 aromatic rings. The third-order valence-electron chi connectivity index (χ3n) is 7.84. The van der Waals surface area contributed by atoms with Crippen molar-refractivity contribution >= 4 is 41.2 Å². The van der Waals surface area contributed by atoms with E-state index in [0.717, 1.165) is 11.1 Å². The first kappa shape index (κ1) is 35.4. The Morgan fingerprint density at radius 1 is 0.830 bits per heavy atom. The van der Waals surface area contributed by atoms with Crippen LogP contribution in [0.4, 0.5) is 0 Å². The molecular formula is C37H43N3O6S. The third kappa shape index (κ3) is 9.78. The average Bonchev–Trinajstić information content (AvgIpc) is 3.48. The Labute approximate surface area is 280 Å². The van der Waals surface area contributed by atoms with E-state index in [1.54, 1.807) is 43.0 Å². The van der Waals surface area contributed by atoms with Gasteiger partial charge < -0.3 is 20.3 Å². The van der Waals surface area contributed by atoms with E-state index in [1.807, 2.05) is 80.6 Å². The largest absolute Gasteiger partial charge is 0.457 e. The van der Waals surface area contributed by atoms with Crippen molar-refractivity contribution < 1.29 is 28.7 Å². The van der Waals surface area contributed by atoms with Gasteiger partial charge in [0.15, 0.2) is 0 Å². The summed E-state index contributed by atoms with van der Waals surface area (Å²) in [5.74, 6) is -4.57. The van der Waals surface area contributed by atoms with Gasteiger partial charge >= 0.3 is 5.97 Å². The van der Waals surface area contributed by atoms with Gasteiger partial charge in [-0.05, 0) is 49.3 Å². The Balaban J connectivity index is 1.58. The molecule has 47 heavy (non-hydrogen) atoms. The van der Waals surface area contributed by atoms with Crippen LogP contribution in [-0.4, -0.2) is 58.4 Å². The van der Waals surface area contributed by atoms with Gasteiger partial charge in [-0.25, -0.2) is 4.79 Å². The molecule has 0 aliphatic carbocycles. The Bertz CT molecular complexity index is 1520. The maximum absolute atomic E-state index is 14.4. The Hall–Kier alpha value is -4.44. The summed E-state index contributed by atoms with van der Waals surface area (Å²) in [6, 6.07) is 27.2. The molecule has 3 aromatic carbocycles. The second-order valence-corrected chi connectivity index (χ2v) is 13.3. The number of nitrogens with one attached hydrogen (secondary N) is 2. The van der Waals surface area contributed by atoms with E-state index >= 15 is 0 Å². The minimum absolute atomic E-state index is 0.0132. The number of ketones is 1. The predicted molar refractivity (Wildman–Crippen MR) is 182 cm³/mol. The van der Waals surface area contributed by atoms with Gasteiger partial charge in [0.1, 0.15) is 23.5 Å². The number of esters is 1. The van der Waals surface area contributed by atoms with E-state index in [0.29, 0.717) is 17.7 Å². The summed E-state index contributed by atoms with van der Waals surface area (Å²) in [6.45, 7) is 6.99. The zero-order valence-corrected chi connectivity index (χ0v) is 28.1. The number of Topliss-reactive ketones (excluding diaryl/α,β-unsaturated/α-hetero) is 1. The number of ether oxygens (including phenoxy) is 1. The first-order valence-corrected chi connectivity index (χ1v) is 17.0. The maximum atomic E-state index is 14.4. The molecule has 0 saturated carbocycles. The van der Waals surface area contributed by atoms with Crippen LogP contribution >= 0.6 is 11.8 Å². The lowest BCUT2D eigenvalue weighted by Gasteiger charge is -2.35. The molecule has 0 bridgehead atoms. The van der Waals surface area contributed by atoms with Crippen molar-refractivity contribution in [3.8, 4) is 0 Å². The quantitative estimate of drug-likeness (QED) is 0.144. The van der Waals surface area contributed by atoms with Crippen molar-refractivity contribution in [3.05, 3.63) is 108 Å². The van der Waals surface area contributed by atoms with Gasteiger partial charge in [0, 0.05) is 12.2 Å². The zero-order chi connectivity index (χ0) is 33.9. The highest BCUT2D eigenvalue weighted by molar-refractivity contribution is 7.99. The predicted octanol–water partition coefficient (Wildman–Crippen LogP) is 4.86. The topological polar surface area (TPSA) is 122 Å². The number of carbonyl (C=O) groups excluding carboxylic acids is 5. The molecule has 1 aliphatic rings. The number of carbonyl (C=O) groups is 5. The fourth-order valence-electron chi connectivity index (χ4n) is 5.42. The van der Waals surface area contributed by atoms with Gasteiger partial charge in [-0.1, -0.05) is 105 Å². The standard InChI is InChI=1S/C37H43N3O6S/c1-24(2)32(39-31(41)21-20-26-14-8-5-9-15-26)35(44)40-30(23-47-36(40)28-18-12-7-13-19-28)38-34(43)29(22-27-16-10-6-11-17-27)33(42)37(45)46-25(3)4/h5-19,24-25,29-30,32,36H,20-23H2,1-4H3,(H,38,43)(H,39,41)/t29-,30+,32-,36+/m0/s1. The molecule has 3 amide bonds. The zero-order valence-electron chi connectivity index (χ0n) is 27.3. The van der Waals surface area contributed by atoms with Crippen LogP contribution in [0.2, 0.25) is 0 Å². The minimum atomic E-state index is -1.36. The normalized spacial score (nSPS) is 17.2. The molecule has 0 spiro atoms. The van der Waals surface area contributed by atoms with Gasteiger partial charge in [-0.3, -0.25) is 19.2 Å². The molecule has 4 atom stereocenters. The monoisotopic (exact) mass is 657 g/mol. The van der Waals surface area contributed by atoms with Crippen LogP contribution < -0.4 is 10.6 Å². The second kappa shape index (κ2) is 16.9. The van der Waals surface area contributed by atoms with Crippen molar-refractivity contribution in [1.82, 2.24) is 15.5 Å². The van der Waals surface area contributed by atoms with Crippen LogP contribution in [0.15, 0.2) is 91.0 Å². The highest BCUT2D eigenvalue weighted by Gasteiger charge is 2.44. The molecule has 0 aromatic heterocycles. The van der Waals surface area contributed by atoms with Crippen LogP contribution in [0.5, 0.6) is 0 Å². The molecule has 1 aliphatic heterocycles. The molecule has 1 fully saturated rings. The van der Waals surface area contributed by atoms with E-state index in [1.165, 1.54) is 11.8 Å². The SMILES string of the molecule is CC(C)OC(=O)C(=O)[C@H](Cc1ccccc1)C(=O)N[C@H]1CS[C@H](c2ccccc2)N1C(=O)[C@@H](NC(=O)CCc1ccccc1)C(C)C. The molecule has 248 valence electrons. The average molecular weight is 658 g/mol. The number of benzene rings is 3. The van der Waals surface area contributed by atoms with Crippen LogP contribution in [0.25, 0.3) is 0 Å². The summed E-state index contributed by atoms with van der Waals surface area (Å²) < 4.78 is 5.15. The first-order valence-electron chi connectivity index (χ1n) is 16.0. The number of aryl methyl sites for hydroxylation is 1. The van der Waals surface area contributed by atoms with E-state index < -0.39 is 47.3 Å². The Morgan fingerprint density at radius 2 is 1.40 bits per heavy atom. The fraction of sp³-hybridized carbons (Fsp3) is 0.378. The molecule has 0 unspecified atom stereocenters. The van der Waals surface area contributed by atoms with E-state index in [9.17, 15) is 24.0 Å². The minimum Gasteiger partial charge on any atom is -0.457 e. The third-order valence-corrected chi connectivity index (χ3v) is 9.16. The van der Waals surface area contributed by atoms with E-state index in [4.69, 9.17) is 4.74 Å². The van der Waals surface area contributed by atoms with E-state index in [-0.39, 0.29) is 30.6 Å². The summed E-state index contributed by atoms with van der Waals surface area (Å²) in [7, 11) is 0. The van der Waals surface area contributed by atoms with Gasteiger partial charge in [-0.15, -0.1) is 11.8 Å². The lowest BCUT2D eigenvalue weighted by atomic mass is 9.94. The first-order chi connectivity index (χ1) is 22.5. The lowest BCUT2D eigenvalue weighted by molar-refractivity contribution is -0.160. The van der Waals surface area contributed by atoms with Crippen molar-refractivity contribution in [1.29, 1.82) is 0 Å². The van der Waals surface area contributed by atoms with Crippen LogP contribution in [0.3, 0.4) is 0 Å². The summed E-state index contributed by atoms with van der Waals surface area (Å²) in [6.07, 6.45) is -0.602. The van der Waals surface area contributed by atoms with Crippen molar-refractivity contribution in [2.75, 3.05) is 5.75 Å². The number of thioether (sulfide) groups is 1. The van der Waals surface area contributed by atoms with E-state index in [2.05, 4.69) is 10.6 Å². The lowest BCUT2D eigenvalue weighted by Crippen LogP contribution is -2.58. The smallest absolute Gasteiger partial charge is 0.375 e.